The Bertz CT molecular complexity index is 341. The second-order valence-electron chi connectivity index (χ2n) is 3.74. The third-order valence-corrected chi connectivity index (χ3v) is 3.74. The van der Waals surface area contributed by atoms with Gasteiger partial charge in [0.05, 0.1) is 17.4 Å². The Hall–Kier alpha value is -0.480. The predicted octanol–water partition coefficient (Wildman–Crippen LogP) is 1.42. The molecule has 0 aromatic carbocycles. The summed E-state index contributed by atoms with van der Waals surface area (Å²) in [5.74, 6) is 2.20. The summed E-state index contributed by atoms with van der Waals surface area (Å²) in [6, 6.07) is 0.675. The number of hydrogen-bond donors (Lipinski definition) is 1. The lowest BCUT2D eigenvalue weighted by atomic mass is 10.2. The summed E-state index contributed by atoms with van der Waals surface area (Å²) >= 11 is 1.95. The lowest BCUT2D eigenvalue weighted by molar-refractivity contribution is 0.600. The van der Waals surface area contributed by atoms with E-state index in [1.807, 2.05) is 11.8 Å². The fourth-order valence-corrected chi connectivity index (χ4v) is 2.99. The van der Waals surface area contributed by atoms with E-state index >= 15 is 0 Å². The third-order valence-electron chi connectivity index (χ3n) is 2.77. The van der Waals surface area contributed by atoms with Crippen molar-refractivity contribution < 1.29 is 0 Å². The third kappa shape index (κ3) is 1.12. The SMILES string of the molecule is NCc1c2c(nn1C1CC1)CSC2. The van der Waals surface area contributed by atoms with Crippen molar-refractivity contribution in [2.75, 3.05) is 0 Å². The van der Waals surface area contributed by atoms with Crippen molar-refractivity contribution in [3.05, 3.63) is 17.0 Å². The molecule has 2 aliphatic rings. The smallest absolute Gasteiger partial charge is 0.0767 e. The normalized spacial score (nSPS) is 20.7. The minimum atomic E-state index is 0.652. The van der Waals surface area contributed by atoms with Gasteiger partial charge in [0, 0.05) is 23.6 Å². The van der Waals surface area contributed by atoms with Crippen molar-refractivity contribution >= 4 is 11.8 Å². The molecule has 1 aromatic rings. The minimum Gasteiger partial charge on any atom is -0.325 e. The van der Waals surface area contributed by atoms with Gasteiger partial charge in [0.25, 0.3) is 0 Å². The lowest BCUT2D eigenvalue weighted by Crippen LogP contribution is -2.08. The molecule has 1 aliphatic carbocycles. The van der Waals surface area contributed by atoms with Crippen LogP contribution in [0.5, 0.6) is 0 Å². The molecule has 0 atom stereocenters. The Labute approximate surface area is 81.7 Å². The molecule has 1 aliphatic heterocycles. The van der Waals surface area contributed by atoms with Gasteiger partial charge in [0.1, 0.15) is 0 Å². The van der Waals surface area contributed by atoms with Gasteiger partial charge in [-0.3, -0.25) is 4.68 Å². The summed E-state index contributed by atoms with van der Waals surface area (Å²) in [5, 5.41) is 4.64. The molecule has 3 rings (SSSR count). The highest BCUT2D eigenvalue weighted by Gasteiger charge is 2.30. The predicted molar refractivity (Wildman–Crippen MR) is 53.4 cm³/mol. The van der Waals surface area contributed by atoms with E-state index in [0.29, 0.717) is 12.6 Å². The zero-order valence-corrected chi connectivity index (χ0v) is 8.31. The summed E-state index contributed by atoms with van der Waals surface area (Å²) in [5.41, 5.74) is 9.78. The maximum atomic E-state index is 5.76. The van der Waals surface area contributed by atoms with Crippen LogP contribution in [0.25, 0.3) is 0 Å². The molecule has 0 amide bonds. The van der Waals surface area contributed by atoms with Crippen LogP contribution in [0.2, 0.25) is 0 Å². The molecule has 2 heterocycles. The first-order valence-electron chi connectivity index (χ1n) is 4.77. The topological polar surface area (TPSA) is 43.8 Å². The van der Waals surface area contributed by atoms with Gasteiger partial charge in [0.15, 0.2) is 0 Å². The molecule has 3 nitrogen and oxygen atoms in total. The summed E-state index contributed by atoms with van der Waals surface area (Å²) in [4.78, 5) is 0. The van der Waals surface area contributed by atoms with Crippen LogP contribution in [0.3, 0.4) is 0 Å². The summed E-state index contributed by atoms with van der Waals surface area (Å²) < 4.78 is 2.18. The molecule has 0 spiro atoms. The monoisotopic (exact) mass is 195 g/mol. The Kier molecular flexibility index (Phi) is 1.67. The second kappa shape index (κ2) is 2.75. The number of nitrogens with zero attached hydrogens (tertiary/aromatic N) is 2. The Morgan fingerprint density at radius 2 is 2.31 bits per heavy atom. The van der Waals surface area contributed by atoms with Crippen LogP contribution in [0.1, 0.15) is 35.8 Å². The first-order valence-corrected chi connectivity index (χ1v) is 5.92. The second-order valence-corrected chi connectivity index (χ2v) is 4.73. The molecule has 0 saturated heterocycles. The first kappa shape index (κ1) is 7.88. The molecule has 13 heavy (non-hydrogen) atoms. The molecule has 0 radical (unpaired) electrons. The first-order chi connectivity index (χ1) is 6.40. The zero-order chi connectivity index (χ0) is 8.84. The fraction of sp³-hybridized carbons (Fsp3) is 0.667. The van der Waals surface area contributed by atoms with Crippen LogP contribution in [0.15, 0.2) is 0 Å². The van der Waals surface area contributed by atoms with Gasteiger partial charge in [-0.1, -0.05) is 0 Å². The highest BCUT2D eigenvalue weighted by atomic mass is 32.2. The molecular weight excluding hydrogens is 182 g/mol. The van der Waals surface area contributed by atoms with Gasteiger partial charge in [-0.2, -0.15) is 16.9 Å². The van der Waals surface area contributed by atoms with Crippen LogP contribution in [-0.2, 0) is 18.1 Å². The van der Waals surface area contributed by atoms with Crippen molar-refractivity contribution in [2.24, 2.45) is 5.73 Å². The molecule has 4 heteroatoms. The van der Waals surface area contributed by atoms with E-state index in [9.17, 15) is 0 Å². The Balaban J connectivity index is 2.09. The largest absolute Gasteiger partial charge is 0.325 e. The van der Waals surface area contributed by atoms with E-state index in [4.69, 9.17) is 5.73 Å². The van der Waals surface area contributed by atoms with E-state index < -0.39 is 0 Å². The van der Waals surface area contributed by atoms with Gasteiger partial charge in [-0.15, -0.1) is 0 Å². The molecule has 1 fully saturated rings. The van der Waals surface area contributed by atoms with Crippen LogP contribution in [0.4, 0.5) is 0 Å². The summed E-state index contributed by atoms with van der Waals surface area (Å²) in [6.07, 6.45) is 2.58. The molecule has 1 saturated carbocycles. The molecule has 1 aromatic heterocycles. The number of thioether (sulfide) groups is 1. The van der Waals surface area contributed by atoms with Gasteiger partial charge >= 0.3 is 0 Å². The molecule has 2 N–H and O–H groups in total. The van der Waals surface area contributed by atoms with Crippen molar-refractivity contribution in [1.29, 1.82) is 0 Å². The average Bonchev–Trinajstić information content (AvgIpc) is 2.76. The van der Waals surface area contributed by atoms with Crippen LogP contribution >= 0.6 is 11.8 Å². The van der Waals surface area contributed by atoms with Gasteiger partial charge in [0.2, 0.25) is 0 Å². The maximum absolute atomic E-state index is 5.76. The standard InChI is InChI=1S/C9H13N3S/c10-3-9-7-4-13-5-8(7)11-12(9)6-1-2-6/h6H,1-5,10H2. The van der Waals surface area contributed by atoms with E-state index in [-0.39, 0.29) is 0 Å². The van der Waals surface area contributed by atoms with E-state index in [2.05, 4.69) is 9.78 Å². The maximum Gasteiger partial charge on any atom is 0.0767 e. The van der Waals surface area contributed by atoms with Gasteiger partial charge in [-0.05, 0) is 12.8 Å². The van der Waals surface area contributed by atoms with E-state index in [1.54, 1.807) is 0 Å². The van der Waals surface area contributed by atoms with Gasteiger partial charge in [-0.25, -0.2) is 0 Å². The fourth-order valence-electron chi connectivity index (χ4n) is 1.93. The van der Waals surface area contributed by atoms with Crippen LogP contribution in [-0.4, -0.2) is 9.78 Å². The summed E-state index contributed by atoms with van der Waals surface area (Å²) in [6.45, 7) is 0.652. The number of rotatable bonds is 2. The zero-order valence-electron chi connectivity index (χ0n) is 7.49. The quantitative estimate of drug-likeness (QED) is 0.776. The molecule has 0 bridgehead atoms. The van der Waals surface area contributed by atoms with Crippen molar-refractivity contribution in [2.45, 2.75) is 36.9 Å². The summed E-state index contributed by atoms with van der Waals surface area (Å²) in [7, 11) is 0. The van der Waals surface area contributed by atoms with Gasteiger partial charge < -0.3 is 5.73 Å². The molecular formula is C9H13N3S. The number of hydrogen-bond acceptors (Lipinski definition) is 3. The average molecular weight is 195 g/mol. The lowest BCUT2D eigenvalue weighted by Gasteiger charge is -2.04. The van der Waals surface area contributed by atoms with Crippen LogP contribution in [0, 0.1) is 0 Å². The van der Waals surface area contributed by atoms with E-state index in [0.717, 1.165) is 11.5 Å². The van der Waals surface area contributed by atoms with Crippen molar-refractivity contribution in [3.63, 3.8) is 0 Å². The minimum absolute atomic E-state index is 0.652. The highest BCUT2D eigenvalue weighted by molar-refractivity contribution is 7.98. The number of fused-ring (bicyclic) bond motifs is 1. The van der Waals surface area contributed by atoms with Crippen molar-refractivity contribution in [1.82, 2.24) is 9.78 Å². The number of aromatic nitrogens is 2. The van der Waals surface area contributed by atoms with Crippen molar-refractivity contribution in [3.8, 4) is 0 Å². The number of nitrogens with two attached hydrogens (primary N) is 1. The van der Waals surface area contributed by atoms with E-state index in [1.165, 1.54) is 29.8 Å². The molecule has 70 valence electrons. The Morgan fingerprint density at radius 1 is 1.46 bits per heavy atom. The Morgan fingerprint density at radius 3 is 3.00 bits per heavy atom. The molecule has 0 unspecified atom stereocenters. The highest BCUT2D eigenvalue weighted by Crippen LogP contribution is 2.39. The van der Waals surface area contributed by atoms with Crippen LogP contribution < -0.4 is 5.73 Å².